The average Bonchev–Trinajstić information content (AvgIpc) is 2.42. The lowest BCUT2D eigenvalue weighted by Crippen LogP contribution is -2.43. The maximum absolute atomic E-state index is 3.76. The fraction of sp³-hybridized carbons (Fsp3) is 0.667. The molecule has 1 aromatic carbocycles. The maximum Gasteiger partial charge on any atom is 0.0210 e. The smallest absolute Gasteiger partial charge is 0.0210 e. The Balaban J connectivity index is 2.58. The molecule has 0 radical (unpaired) electrons. The number of hydrogen-bond donors (Lipinski definition) is 1. The van der Waals surface area contributed by atoms with E-state index in [-0.39, 0.29) is 0 Å². The van der Waals surface area contributed by atoms with E-state index in [0.29, 0.717) is 5.54 Å². The molecule has 0 fully saturated rings. The van der Waals surface area contributed by atoms with E-state index in [1.54, 1.807) is 0 Å². The summed E-state index contributed by atoms with van der Waals surface area (Å²) in [5.74, 6) is 0.733. The third-order valence-electron chi connectivity index (χ3n) is 4.36. The summed E-state index contributed by atoms with van der Waals surface area (Å²) in [6.45, 7) is 12.4. The SMILES string of the molecule is CCC(CC)(CC)NCc1ccc(CC(C)C)cc1. The van der Waals surface area contributed by atoms with Gasteiger partial charge in [-0.1, -0.05) is 58.9 Å². The minimum atomic E-state index is 0.316. The fourth-order valence-corrected chi connectivity index (χ4v) is 2.68. The molecule has 0 amide bonds. The van der Waals surface area contributed by atoms with Crippen molar-refractivity contribution in [3.63, 3.8) is 0 Å². The highest BCUT2D eigenvalue weighted by molar-refractivity contribution is 5.23. The Hall–Kier alpha value is -0.820. The zero-order valence-electron chi connectivity index (χ0n) is 13.4. The molecule has 19 heavy (non-hydrogen) atoms. The molecule has 0 heterocycles. The zero-order valence-corrected chi connectivity index (χ0v) is 13.4. The van der Waals surface area contributed by atoms with E-state index in [1.165, 1.54) is 36.8 Å². The molecular weight excluding hydrogens is 230 g/mol. The topological polar surface area (TPSA) is 12.0 Å². The highest BCUT2D eigenvalue weighted by Gasteiger charge is 2.22. The molecule has 0 spiro atoms. The van der Waals surface area contributed by atoms with Gasteiger partial charge >= 0.3 is 0 Å². The molecule has 0 bridgehead atoms. The number of rotatable bonds is 8. The number of hydrogen-bond acceptors (Lipinski definition) is 1. The summed E-state index contributed by atoms with van der Waals surface area (Å²) in [4.78, 5) is 0. The lowest BCUT2D eigenvalue weighted by Gasteiger charge is -2.32. The van der Waals surface area contributed by atoms with Gasteiger partial charge in [0.1, 0.15) is 0 Å². The lowest BCUT2D eigenvalue weighted by molar-refractivity contribution is 0.288. The first-order valence-electron chi connectivity index (χ1n) is 7.88. The van der Waals surface area contributed by atoms with Gasteiger partial charge in [0.15, 0.2) is 0 Å². The fourth-order valence-electron chi connectivity index (χ4n) is 2.68. The van der Waals surface area contributed by atoms with Gasteiger partial charge in [0.2, 0.25) is 0 Å². The highest BCUT2D eigenvalue weighted by atomic mass is 15.0. The zero-order chi connectivity index (χ0) is 14.3. The van der Waals surface area contributed by atoms with Gasteiger partial charge in [-0.25, -0.2) is 0 Å². The maximum atomic E-state index is 3.76. The van der Waals surface area contributed by atoms with Gasteiger partial charge in [-0.3, -0.25) is 0 Å². The van der Waals surface area contributed by atoms with Crippen LogP contribution in [0.1, 0.15) is 65.0 Å². The number of benzene rings is 1. The monoisotopic (exact) mass is 261 g/mol. The highest BCUT2D eigenvalue weighted by Crippen LogP contribution is 2.20. The van der Waals surface area contributed by atoms with E-state index in [4.69, 9.17) is 0 Å². The van der Waals surface area contributed by atoms with Gasteiger partial charge in [-0.2, -0.15) is 0 Å². The minimum absolute atomic E-state index is 0.316. The van der Waals surface area contributed by atoms with Gasteiger partial charge in [0.05, 0.1) is 0 Å². The molecule has 1 nitrogen and oxygen atoms in total. The summed E-state index contributed by atoms with van der Waals surface area (Å²) in [6, 6.07) is 9.11. The van der Waals surface area contributed by atoms with Crippen molar-refractivity contribution in [2.24, 2.45) is 5.92 Å². The van der Waals surface area contributed by atoms with Crippen LogP contribution >= 0.6 is 0 Å². The van der Waals surface area contributed by atoms with E-state index < -0.39 is 0 Å². The van der Waals surface area contributed by atoms with Crippen molar-refractivity contribution in [3.8, 4) is 0 Å². The first-order chi connectivity index (χ1) is 9.05. The lowest BCUT2D eigenvalue weighted by atomic mass is 9.89. The van der Waals surface area contributed by atoms with Crippen LogP contribution in [0.25, 0.3) is 0 Å². The molecule has 0 aliphatic carbocycles. The van der Waals surface area contributed by atoms with Crippen molar-refractivity contribution in [2.75, 3.05) is 0 Å². The van der Waals surface area contributed by atoms with Crippen LogP contribution in [0.3, 0.4) is 0 Å². The summed E-state index contributed by atoms with van der Waals surface area (Å²) in [7, 11) is 0. The second kappa shape index (κ2) is 7.69. The van der Waals surface area contributed by atoms with Crippen molar-refractivity contribution in [2.45, 2.75) is 72.4 Å². The van der Waals surface area contributed by atoms with Crippen molar-refractivity contribution in [1.82, 2.24) is 5.32 Å². The molecule has 0 saturated carbocycles. The Labute approximate surface area is 119 Å². The van der Waals surface area contributed by atoms with Crippen LogP contribution in [-0.4, -0.2) is 5.54 Å². The molecule has 0 atom stereocenters. The van der Waals surface area contributed by atoms with Gasteiger partial charge in [0, 0.05) is 12.1 Å². The Morgan fingerprint density at radius 3 is 1.79 bits per heavy atom. The van der Waals surface area contributed by atoms with E-state index in [2.05, 4.69) is 64.2 Å². The second-order valence-corrected chi connectivity index (χ2v) is 6.11. The van der Waals surface area contributed by atoms with Gasteiger partial charge < -0.3 is 5.32 Å². The van der Waals surface area contributed by atoms with Gasteiger partial charge in [-0.05, 0) is 42.7 Å². The molecule has 1 aromatic rings. The molecule has 1 rings (SSSR count). The average molecular weight is 261 g/mol. The molecule has 0 unspecified atom stereocenters. The van der Waals surface area contributed by atoms with Crippen molar-refractivity contribution < 1.29 is 0 Å². The molecular formula is C18H31N. The Bertz CT molecular complexity index is 338. The molecule has 108 valence electrons. The van der Waals surface area contributed by atoms with Crippen molar-refractivity contribution in [1.29, 1.82) is 0 Å². The Kier molecular flexibility index (Phi) is 6.57. The molecule has 1 heteroatoms. The summed E-state index contributed by atoms with van der Waals surface area (Å²) < 4.78 is 0. The number of nitrogens with one attached hydrogen (secondary N) is 1. The van der Waals surface area contributed by atoms with Crippen molar-refractivity contribution >= 4 is 0 Å². The third kappa shape index (κ3) is 4.99. The first kappa shape index (κ1) is 16.2. The predicted octanol–water partition coefficient (Wildman–Crippen LogP) is 4.94. The first-order valence-corrected chi connectivity index (χ1v) is 7.88. The quantitative estimate of drug-likeness (QED) is 0.698. The van der Waals surface area contributed by atoms with Crippen LogP contribution in [0.15, 0.2) is 24.3 Å². The molecule has 0 saturated heterocycles. The second-order valence-electron chi connectivity index (χ2n) is 6.11. The molecule has 1 N–H and O–H groups in total. The normalized spacial score (nSPS) is 12.1. The predicted molar refractivity (Wildman–Crippen MR) is 85.4 cm³/mol. The summed E-state index contributed by atoms with van der Waals surface area (Å²) >= 11 is 0. The molecule has 0 aromatic heterocycles. The van der Waals surface area contributed by atoms with E-state index >= 15 is 0 Å². The summed E-state index contributed by atoms with van der Waals surface area (Å²) in [5.41, 5.74) is 3.16. The van der Waals surface area contributed by atoms with E-state index in [9.17, 15) is 0 Å². The van der Waals surface area contributed by atoms with E-state index in [0.717, 1.165) is 12.5 Å². The van der Waals surface area contributed by atoms with Crippen LogP contribution in [0.4, 0.5) is 0 Å². The van der Waals surface area contributed by atoms with Crippen molar-refractivity contribution in [3.05, 3.63) is 35.4 Å². The Morgan fingerprint density at radius 1 is 0.895 bits per heavy atom. The molecule has 0 aliphatic heterocycles. The molecule has 0 aliphatic rings. The van der Waals surface area contributed by atoms with E-state index in [1.807, 2.05) is 0 Å². The van der Waals surface area contributed by atoms with Crippen LogP contribution in [0.2, 0.25) is 0 Å². The standard InChI is InChI=1S/C18H31N/c1-6-18(7-2,8-3)19-14-17-11-9-16(10-12-17)13-15(4)5/h9-12,15,19H,6-8,13-14H2,1-5H3. The largest absolute Gasteiger partial charge is 0.307 e. The van der Waals surface area contributed by atoms with Gasteiger partial charge in [0.25, 0.3) is 0 Å². The van der Waals surface area contributed by atoms with Crippen LogP contribution < -0.4 is 5.32 Å². The third-order valence-corrected chi connectivity index (χ3v) is 4.36. The summed E-state index contributed by atoms with van der Waals surface area (Å²) in [5, 5.41) is 3.76. The van der Waals surface area contributed by atoms with Crippen LogP contribution in [0.5, 0.6) is 0 Å². The Morgan fingerprint density at radius 2 is 1.37 bits per heavy atom. The van der Waals surface area contributed by atoms with Crippen LogP contribution in [-0.2, 0) is 13.0 Å². The summed E-state index contributed by atoms with van der Waals surface area (Å²) in [6.07, 6.45) is 4.78. The van der Waals surface area contributed by atoms with Gasteiger partial charge in [-0.15, -0.1) is 0 Å². The minimum Gasteiger partial charge on any atom is -0.307 e. The van der Waals surface area contributed by atoms with Crippen LogP contribution in [0, 0.1) is 5.92 Å².